The van der Waals surface area contributed by atoms with Gasteiger partial charge in [0.05, 0.1) is 0 Å². The Morgan fingerprint density at radius 3 is 2.40 bits per heavy atom. The molecular weight excluding hydrogens is 400 g/mol. The van der Waals surface area contributed by atoms with Gasteiger partial charge in [-0.05, 0) is 69.0 Å². The number of halogens is 1. The van der Waals surface area contributed by atoms with Gasteiger partial charge in [-0.2, -0.15) is 0 Å². The second kappa shape index (κ2) is 11.0. The smallest absolute Gasteiger partial charge is 0.261 e. The van der Waals surface area contributed by atoms with Gasteiger partial charge in [-0.25, -0.2) is 0 Å². The molecule has 1 N–H and O–H groups in total. The molecular formula is C24H31ClN2O3. The molecule has 0 radical (unpaired) electrons. The van der Waals surface area contributed by atoms with E-state index in [1.165, 1.54) is 0 Å². The first-order valence-corrected chi connectivity index (χ1v) is 10.6. The lowest BCUT2D eigenvalue weighted by atomic mass is 10.1. The molecule has 0 unspecified atom stereocenters. The van der Waals surface area contributed by atoms with Crippen LogP contribution in [-0.2, 0) is 16.1 Å². The fourth-order valence-corrected chi connectivity index (χ4v) is 3.34. The van der Waals surface area contributed by atoms with Crippen molar-refractivity contribution in [2.45, 2.75) is 59.7 Å². The highest BCUT2D eigenvalue weighted by Crippen LogP contribution is 2.21. The summed E-state index contributed by atoms with van der Waals surface area (Å²) in [6.45, 7) is 9.78. The Morgan fingerprint density at radius 1 is 1.10 bits per heavy atom. The number of rotatable bonds is 9. The number of amides is 2. The van der Waals surface area contributed by atoms with Crippen LogP contribution < -0.4 is 10.1 Å². The van der Waals surface area contributed by atoms with Gasteiger partial charge in [0.2, 0.25) is 5.91 Å². The van der Waals surface area contributed by atoms with E-state index >= 15 is 0 Å². The topological polar surface area (TPSA) is 58.6 Å². The van der Waals surface area contributed by atoms with Gasteiger partial charge in [-0.1, -0.05) is 42.8 Å². The first kappa shape index (κ1) is 23.7. The SMILES string of the molecule is CC[C@@H](C(=O)NC(C)C)N(Cc1ccccc1Cl)C(=O)COc1ccc(C)c(C)c1. The number of hydrogen-bond acceptors (Lipinski definition) is 3. The maximum atomic E-state index is 13.2. The fourth-order valence-electron chi connectivity index (χ4n) is 3.14. The molecule has 0 aliphatic rings. The third kappa shape index (κ3) is 6.49. The molecule has 0 heterocycles. The number of benzene rings is 2. The standard InChI is InChI=1S/C24H31ClN2O3/c1-6-22(24(29)26-16(2)3)27(14-19-9-7-8-10-21(19)25)23(28)15-30-20-12-11-17(4)18(5)13-20/h7-13,16,22H,6,14-15H2,1-5H3,(H,26,29)/t22-/m0/s1. The normalized spacial score (nSPS) is 11.8. The molecule has 2 rings (SSSR count). The molecule has 2 aromatic rings. The molecule has 0 spiro atoms. The zero-order valence-electron chi connectivity index (χ0n) is 18.4. The zero-order chi connectivity index (χ0) is 22.3. The van der Waals surface area contributed by atoms with Gasteiger partial charge in [0, 0.05) is 17.6 Å². The second-order valence-corrected chi connectivity index (χ2v) is 8.14. The Bertz CT molecular complexity index is 883. The van der Waals surface area contributed by atoms with Crippen molar-refractivity contribution in [3.8, 4) is 5.75 Å². The summed E-state index contributed by atoms with van der Waals surface area (Å²) in [5.41, 5.74) is 3.04. The summed E-state index contributed by atoms with van der Waals surface area (Å²) in [6.07, 6.45) is 0.485. The highest BCUT2D eigenvalue weighted by molar-refractivity contribution is 6.31. The van der Waals surface area contributed by atoms with E-state index in [2.05, 4.69) is 5.32 Å². The van der Waals surface area contributed by atoms with Crippen molar-refractivity contribution in [1.82, 2.24) is 10.2 Å². The largest absolute Gasteiger partial charge is 0.484 e. The summed E-state index contributed by atoms with van der Waals surface area (Å²) >= 11 is 6.32. The molecule has 0 saturated carbocycles. The van der Waals surface area contributed by atoms with E-state index < -0.39 is 6.04 Å². The third-order valence-corrected chi connectivity index (χ3v) is 5.32. The van der Waals surface area contributed by atoms with Crippen molar-refractivity contribution in [3.05, 3.63) is 64.2 Å². The lowest BCUT2D eigenvalue weighted by Gasteiger charge is -2.31. The molecule has 0 bridgehead atoms. The van der Waals surface area contributed by atoms with Gasteiger partial charge in [0.1, 0.15) is 11.8 Å². The molecule has 30 heavy (non-hydrogen) atoms. The lowest BCUT2D eigenvalue weighted by Crippen LogP contribution is -2.51. The third-order valence-electron chi connectivity index (χ3n) is 4.96. The molecule has 0 aliphatic heterocycles. The molecule has 0 fully saturated rings. The number of nitrogens with one attached hydrogen (secondary N) is 1. The molecule has 2 amide bonds. The average molecular weight is 431 g/mol. The van der Waals surface area contributed by atoms with Crippen LogP contribution in [0.25, 0.3) is 0 Å². The molecule has 6 heteroatoms. The van der Waals surface area contributed by atoms with E-state index in [-0.39, 0.29) is 31.0 Å². The molecule has 5 nitrogen and oxygen atoms in total. The molecule has 1 atom stereocenters. The van der Waals surface area contributed by atoms with Gasteiger partial charge in [0.25, 0.3) is 5.91 Å². The van der Waals surface area contributed by atoms with Crippen molar-refractivity contribution >= 4 is 23.4 Å². The number of nitrogens with zero attached hydrogens (tertiary/aromatic N) is 1. The van der Waals surface area contributed by atoms with Gasteiger partial charge >= 0.3 is 0 Å². The van der Waals surface area contributed by atoms with Crippen LogP contribution in [0.15, 0.2) is 42.5 Å². The summed E-state index contributed by atoms with van der Waals surface area (Å²) in [5, 5.41) is 3.47. The molecule has 0 aliphatic carbocycles. The van der Waals surface area contributed by atoms with Crippen LogP contribution in [0.2, 0.25) is 5.02 Å². The highest BCUT2D eigenvalue weighted by atomic mass is 35.5. The van der Waals surface area contributed by atoms with E-state index in [1.54, 1.807) is 11.0 Å². The Kier molecular flexibility index (Phi) is 8.72. The van der Waals surface area contributed by atoms with Gasteiger partial charge in [-0.3, -0.25) is 9.59 Å². The van der Waals surface area contributed by atoms with E-state index in [9.17, 15) is 9.59 Å². The highest BCUT2D eigenvalue weighted by Gasteiger charge is 2.29. The molecule has 2 aromatic carbocycles. The first-order chi connectivity index (χ1) is 14.2. The number of aryl methyl sites for hydroxylation is 2. The Hall–Kier alpha value is -2.53. The van der Waals surface area contributed by atoms with Crippen molar-refractivity contribution in [2.24, 2.45) is 0 Å². The number of carbonyl (C=O) groups is 2. The van der Waals surface area contributed by atoms with E-state index in [4.69, 9.17) is 16.3 Å². The van der Waals surface area contributed by atoms with Crippen LogP contribution in [0.3, 0.4) is 0 Å². The van der Waals surface area contributed by atoms with E-state index in [0.29, 0.717) is 17.2 Å². The average Bonchev–Trinajstić information content (AvgIpc) is 2.69. The van der Waals surface area contributed by atoms with Crippen LogP contribution in [0.5, 0.6) is 5.75 Å². The Balaban J connectivity index is 2.23. The first-order valence-electron chi connectivity index (χ1n) is 10.3. The van der Waals surface area contributed by atoms with Crippen molar-refractivity contribution in [3.63, 3.8) is 0 Å². The number of hydrogen-bond donors (Lipinski definition) is 1. The predicted molar refractivity (Wildman–Crippen MR) is 121 cm³/mol. The monoisotopic (exact) mass is 430 g/mol. The van der Waals surface area contributed by atoms with Gasteiger partial charge < -0.3 is 15.0 Å². The summed E-state index contributed by atoms with van der Waals surface area (Å²) in [5.74, 6) is 0.182. The van der Waals surface area contributed by atoms with E-state index in [0.717, 1.165) is 16.7 Å². The number of ether oxygens (including phenoxy) is 1. The second-order valence-electron chi connectivity index (χ2n) is 7.74. The van der Waals surface area contributed by atoms with Gasteiger partial charge in [0.15, 0.2) is 6.61 Å². The Morgan fingerprint density at radius 2 is 1.80 bits per heavy atom. The van der Waals surface area contributed by atoms with Crippen LogP contribution in [0, 0.1) is 13.8 Å². The van der Waals surface area contributed by atoms with Crippen molar-refractivity contribution in [1.29, 1.82) is 0 Å². The predicted octanol–water partition coefficient (Wildman–Crippen LogP) is 4.67. The molecule has 162 valence electrons. The number of carbonyl (C=O) groups excluding carboxylic acids is 2. The van der Waals surface area contributed by atoms with Gasteiger partial charge in [-0.15, -0.1) is 0 Å². The van der Waals surface area contributed by atoms with Crippen molar-refractivity contribution in [2.75, 3.05) is 6.61 Å². The summed E-state index contributed by atoms with van der Waals surface area (Å²) in [6, 6.07) is 12.4. The zero-order valence-corrected chi connectivity index (χ0v) is 19.1. The van der Waals surface area contributed by atoms with Crippen LogP contribution in [-0.4, -0.2) is 35.4 Å². The van der Waals surface area contributed by atoms with Crippen LogP contribution in [0.1, 0.15) is 43.9 Å². The summed E-state index contributed by atoms with van der Waals surface area (Å²) in [7, 11) is 0. The Labute approximate surface area is 184 Å². The minimum atomic E-state index is -0.612. The maximum Gasteiger partial charge on any atom is 0.261 e. The quantitative estimate of drug-likeness (QED) is 0.629. The van der Waals surface area contributed by atoms with E-state index in [1.807, 2.05) is 71.0 Å². The van der Waals surface area contributed by atoms with Crippen LogP contribution in [0.4, 0.5) is 0 Å². The minimum absolute atomic E-state index is 0.0180. The minimum Gasteiger partial charge on any atom is -0.484 e. The lowest BCUT2D eigenvalue weighted by molar-refractivity contribution is -0.143. The van der Waals surface area contributed by atoms with Crippen LogP contribution >= 0.6 is 11.6 Å². The van der Waals surface area contributed by atoms with Crippen molar-refractivity contribution < 1.29 is 14.3 Å². The molecule has 0 aromatic heterocycles. The summed E-state index contributed by atoms with van der Waals surface area (Å²) in [4.78, 5) is 27.5. The summed E-state index contributed by atoms with van der Waals surface area (Å²) < 4.78 is 5.75. The molecule has 0 saturated heterocycles. The fraction of sp³-hybridized carbons (Fsp3) is 0.417. The maximum absolute atomic E-state index is 13.2.